The second-order valence-corrected chi connectivity index (χ2v) is 6.22. The van der Waals surface area contributed by atoms with Gasteiger partial charge in [-0.2, -0.15) is 0 Å². The van der Waals surface area contributed by atoms with Crippen molar-refractivity contribution in [3.8, 4) is 0 Å². The van der Waals surface area contributed by atoms with Crippen LogP contribution in [0.5, 0.6) is 0 Å². The van der Waals surface area contributed by atoms with Gasteiger partial charge in [-0.25, -0.2) is 4.79 Å². The van der Waals surface area contributed by atoms with Crippen molar-refractivity contribution in [1.29, 1.82) is 0 Å². The van der Waals surface area contributed by atoms with Crippen molar-refractivity contribution in [2.75, 3.05) is 11.5 Å². The van der Waals surface area contributed by atoms with Crippen molar-refractivity contribution < 1.29 is 14.5 Å². The molecule has 1 heterocycles. The summed E-state index contributed by atoms with van der Waals surface area (Å²) in [7, 11) is 0. The summed E-state index contributed by atoms with van der Waals surface area (Å²) >= 11 is 6.54. The lowest BCUT2D eigenvalue weighted by Crippen LogP contribution is -2.30. The third-order valence-electron chi connectivity index (χ3n) is 4.12. The summed E-state index contributed by atoms with van der Waals surface area (Å²) in [6, 6.07) is 15.3. The lowest BCUT2D eigenvalue weighted by Gasteiger charge is -2.30. The Balaban J connectivity index is 2.05. The Morgan fingerprint density at radius 1 is 1.19 bits per heavy atom. The Labute approximate surface area is 155 Å². The van der Waals surface area contributed by atoms with Crippen LogP contribution in [0, 0.1) is 10.1 Å². The second kappa shape index (κ2) is 7.58. The molecule has 0 spiro atoms. The van der Waals surface area contributed by atoms with Gasteiger partial charge in [-0.05, 0) is 30.7 Å². The van der Waals surface area contributed by atoms with Crippen LogP contribution in [-0.2, 0) is 9.53 Å². The summed E-state index contributed by atoms with van der Waals surface area (Å²) in [6.07, 6.45) is 1.67. The predicted molar refractivity (Wildman–Crippen MR) is 99.1 cm³/mol. The molecule has 0 bridgehead atoms. The van der Waals surface area contributed by atoms with Gasteiger partial charge in [0.1, 0.15) is 5.70 Å². The number of carbonyl (C=O) groups is 1. The van der Waals surface area contributed by atoms with Crippen LogP contribution in [0.3, 0.4) is 0 Å². The Bertz CT molecular complexity index is 836. The third kappa shape index (κ3) is 3.41. The van der Waals surface area contributed by atoms with Gasteiger partial charge in [0, 0.05) is 17.8 Å². The Hall–Kier alpha value is -2.86. The minimum Gasteiger partial charge on any atom is -0.461 e. The minimum absolute atomic E-state index is 0.0201. The second-order valence-electron chi connectivity index (χ2n) is 5.72. The van der Waals surface area contributed by atoms with Gasteiger partial charge in [0.25, 0.3) is 5.69 Å². The Morgan fingerprint density at radius 3 is 2.42 bits per heavy atom. The highest BCUT2D eigenvalue weighted by Gasteiger charge is 2.39. The fraction of sp³-hybridized carbons (Fsp3) is 0.211. The van der Waals surface area contributed by atoms with E-state index in [2.05, 4.69) is 0 Å². The molecular formula is C19H17ClN2O4. The van der Waals surface area contributed by atoms with Crippen molar-refractivity contribution in [3.05, 3.63) is 82.0 Å². The van der Waals surface area contributed by atoms with Crippen molar-refractivity contribution in [1.82, 2.24) is 0 Å². The van der Waals surface area contributed by atoms with E-state index in [0.29, 0.717) is 11.4 Å². The third-order valence-corrected chi connectivity index (χ3v) is 4.49. The SMILES string of the molecule is CCOC(=O)C1=C[C@H](Cl)[C@@H](c2ccccc2)N1c1ccc([N+](=O)[O-])cc1. The van der Waals surface area contributed by atoms with E-state index in [1.165, 1.54) is 12.1 Å². The molecule has 0 saturated carbocycles. The molecule has 0 unspecified atom stereocenters. The molecule has 0 fully saturated rings. The molecule has 1 aliphatic rings. The normalized spacial score (nSPS) is 19.2. The average Bonchev–Trinajstić information content (AvgIpc) is 3.00. The zero-order chi connectivity index (χ0) is 18.7. The van der Waals surface area contributed by atoms with Crippen LogP contribution in [0.1, 0.15) is 18.5 Å². The highest BCUT2D eigenvalue weighted by Crippen LogP contribution is 2.42. The summed E-state index contributed by atoms with van der Waals surface area (Å²) < 4.78 is 5.16. The maximum Gasteiger partial charge on any atom is 0.354 e. The molecule has 134 valence electrons. The quantitative estimate of drug-likeness (QED) is 0.340. The van der Waals surface area contributed by atoms with Gasteiger partial charge < -0.3 is 9.64 Å². The topological polar surface area (TPSA) is 72.7 Å². The zero-order valence-electron chi connectivity index (χ0n) is 14.0. The molecule has 2 atom stereocenters. The van der Waals surface area contributed by atoms with E-state index in [1.807, 2.05) is 30.3 Å². The van der Waals surface area contributed by atoms with Crippen LogP contribution < -0.4 is 4.90 Å². The number of alkyl halides is 1. The average molecular weight is 373 g/mol. The maximum atomic E-state index is 12.4. The first-order chi connectivity index (χ1) is 12.5. The van der Waals surface area contributed by atoms with Gasteiger partial charge in [0.05, 0.1) is 22.9 Å². The van der Waals surface area contributed by atoms with Crippen LogP contribution in [-0.4, -0.2) is 22.9 Å². The first-order valence-corrected chi connectivity index (χ1v) is 8.58. The number of esters is 1. The van der Waals surface area contributed by atoms with Crippen molar-refractivity contribution in [2.45, 2.75) is 18.3 Å². The predicted octanol–water partition coefficient (Wildman–Crippen LogP) is 4.21. The highest BCUT2D eigenvalue weighted by molar-refractivity contribution is 6.23. The number of halogens is 1. The Morgan fingerprint density at radius 2 is 1.85 bits per heavy atom. The molecule has 3 rings (SSSR count). The molecule has 0 aliphatic carbocycles. The number of benzene rings is 2. The van der Waals surface area contributed by atoms with E-state index in [1.54, 1.807) is 30.0 Å². The molecule has 0 saturated heterocycles. The van der Waals surface area contributed by atoms with Gasteiger partial charge in [-0.3, -0.25) is 10.1 Å². The van der Waals surface area contributed by atoms with Crippen molar-refractivity contribution >= 4 is 28.9 Å². The minimum atomic E-state index is -0.477. The summed E-state index contributed by atoms with van der Waals surface area (Å²) in [5.74, 6) is -0.477. The Kier molecular flexibility index (Phi) is 5.23. The summed E-state index contributed by atoms with van der Waals surface area (Å²) in [5, 5.41) is 10.5. The lowest BCUT2D eigenvalue weighted by atomic mass is 10.0. The smallest absolute Gasteiger partial charge is 0.354 e. The molecule has 2 aromatic rings. The molecule has 0 aromatic heterocycles. The van der Waals surface area contributed by atoms with Crippen molar-refractivity contribution in [3.63, 3.8) is 0 Å². The number of non-ortho nitro benzene ring substituents is 1. The first kappa shape index (κ1) is 17.9. The van der Waals surface area contributed by atoms with E-state index in [0.717, 1.165) is 5.56 Å². The van der Waals surface area contributed by atoms with Gasteiger partial charge in [-0.15, -0.1) is 11.6 Å². The molecular weight excluding hydrogens is 356 g/mol. The van der Waals surface area contributed by atoms with E-state index < -0.39 is 16.3 Å². The first-order valence-electron chi connectivity index (χ1n) is 8.14. The summed E-state index contributed by atoms with van der Waals surface area (Å²) in [6.45, 7) is 1.98. The molecule has 26 heavy (non-hydrogen) atoms. The van der Waals surface area contributed by atoms with Crippen molar-refractivity contribution in [2.24, 2.45) is 0 Å². The summed E-state index contributed by atoms with van der Waals surface area (Å²) in [4.78, 5) is 24.7. The number of ether oxygens (including phenoxy) is 1. The molecule has 7 heteroatoms. The monoisotopic (exact) mass is 372 g/mol. The van der Waals surface area contributed by atoms with Crippen LogP contribution in [0.4, 0.5) is 11.4 Å². The molecule has 1 aliphatic heterocycles. The molecule has 0 N–H and O–H groups in total. The van der Waals surface area contributed by atoms with Crippen LogP contribution >= 0.6 is 11.6 Å². The van der Waals surface area contributed by atoms with Gasteiger partial charge in [0.2, 0.25) is 0 Å². The number of hydrogen-bond acceptors (Lipinski definition) is 5. The van der Waals surface area contributed by atoms with E-state index in [9.17, 15) is 14.9 Å². The van der Waals surface area contributed by atoms with Crippen LogP contribution in [0.25, 0.3) is 0 Å². The largest absolute Gasteiger partial charge is 0.461 e. The number of carbonyl (C=O) groups excluding carboxylic acids is 1. The number of nitro benzene ring substituents is 1. The molecule has 2 aromatic carbocycles. The number of hydrogen-bond donors (Lipinski definition) is 0. The summed E-state index contributed by atoms with van der Waals surface area (Å²) in [5.41, 5.74) is 1.87. The number of nitro groups is 1. The van der Waals surface area contributed by atoms with Gasteiger partial charge in [0.15, 0.2) is 0 Å². The lowest BCUT2D eigenvalue weighted by molar-refractivity contribution is -0.384. The van der Waals surface area contributed by atoms with E-state index in [-0.39, 0.29) is 18.3 Å². The van der Waals surface area contributed by atoms with Gasteiger partial charge in [-0.1, -0.05) is 30.3 Å². The zero-order valence-corrected chi connectivity index (χ0v) is 14.8. The van der Waals surface area contributed by atoms with Gasteiger partial charge >= 0.3 is 5.97 Å². The standard InChI is InChI=1S/C19H17ClN2O4/c1-2-26-19(23)17-12-16(20)18(13-6-4-3-5-7-13)21(17)14-8-10-15(11-9-14)22(24)25/h3-12,16,18H,2H2,1H3/t16-,18+/m0/s1. The number of anilines is 1. The number of rotatable bonds is 5. The van der Waals surface area contributed by atoms with Crippen LogP contribution in [0.2, 0.25) is 0 Å². The maximum absolute atomic E-state index is 12.4. The van der Waals surface area contributed by atoms with E-state index in [4.69, 9.17) is 16.3 Å². The fourth-order valence-corrected chi connectivity index (χ4v) is 3.38. The fourth-order valence-electron chi connectivity index (χ4n) is 3.00. The van der Waals surface area contributed by atoms with E-state index >= 15 is 0 Å². The number of nitrogens with zero attached hydrogens (tertiary/aromatic N) is 2. The molecule has 6 nitrogen and oxygen atoms in total. The van der Waals surface area contributed by atoms with Crippen LogP contribution in [0.15, 0.2) is 66.4 Å². The highest BCUT2D eigenvalue weighted by atomic mass is 35.5. The molecule has 0 amide bonds. The molecule has 0 radical (unpaired) electrons.